The number of thioether (sulfide) groups is 1. The standard InChI is InChI=1S/C22H23ClN4OS/c1-15(2)13-27-21(16(3)28-20-11-7-6-10-19(20)23)25-26-22(27)29-14-18-9-5-4-8-17(18)12-24/h4-11,15-16H,13-14H2,1-3H3. The molecule has 29 heavy (non-hydrogen) atoms. The smallest absolute Gasteiger partial charge is 0.191 e. The van der Waals surface area contributed by atoms with Crippen LogP contribution in [0, 0.1) is 17.2 Å². The molecule has 7 heteroatoms. The van der Waals surface area contributed by atoms with Crippen molar-refractivity contribution in [1.82, 2.24) is 14.8 Å². The van der Waals surface area contributed by atoms with E-state index in [0.717, 1.165) is 23.1 Å². The lowest BCUT2D eigenvalue weighted by molar-refractivity contribution is 0.207. The molecule has 150 valence electrons. The van der Waals surface area contributed by atoms with Crippen molar-refractivity contribution in [3.63, 3.8) is 0 Å². The number of halogens is 1. The van der Waals surface area contributed by atoms with E-state index in [1.165, 1.54) is 0 Å². The number of nitriles is 1. The highest BCUT2D eigenvalue weighted by Crippen LogP contribution is 2.30. The second-order valence-corrected chi connectivity index (χ2v) is 8.44. The van der Waals surface area contributed by atoms with Gasteiger partial charge in [-0.3, -0.25) is 0 Å². The van der Waals surface area contributed by atoms with Crippen LogP contribution in [0.1, 0.15) is 43.8 Å². The Hall–Kier alpha value is -2.49. The summed E-state index contributed by atoms with van der Waals surface area (Å²) in [6.45, 7) is 7.04. The van der Waals surface area contributed by atoms with E-state index in [1.807, 2.05) is 49.4 Å². The molecule has 0 saturated carbocycles. The van der Waals surface area contributed by atoms with E-state index in [9.17, 15) is 5.26 Å². The number of hydrogen-bond acceptors (Lipinski definition) is 5. The summed E-state index contributed by atoms with van der Waals surface area (Å²) in [6, 6.07) is 17.3. The van der Waals surface area contributed by atoms with E-state index >= 15 is 0 Å². The first-order valence-electron chi connectivity index (χ1n) is 9.44. The summed E-state index contributed by atoms with van der Waals surface area (Å²) >= 11 is 7.81. The molecule has 0 aliphatic carbocycles. The van der Waals surface area contributed by atoms with Crippen LogP contribution in [0.15, 0.2) is 53.7 Å². The van der Waals surface area contributed by atoms with E-state index in [-0.39, 0.29) is 6.10 Å². The number of ether oxygens (including phenoxy) is 1. The minimum absolute atomic E-state index is 0.304. The number of benzene rings is 2. The molecular weight excluding hydrogens is 404 g/mol. The van der Waals surface area contributed by atoms with Crippen LogP contribution in [-0.4, -0.2) is 14.8 Å². The van der Waals surface area contributed by atoms with Crippen LogP contribution in [0.2, 0.25) is 5.02 Å². The minimum atomic E-state index is -0.304. The van der Waals surface area contributed by atoms with Crippen LogP contribution in [-0.2, 0) is 12.3 Å². The quantitative estimate of drug-likeness (QED) is 0.420. The highest BCUT2D eigenvalue weighted by atomic mass is 35.5. The van der Waals surface area contributed by atoms with Crippen molar-refractivity contribution < 1.29 is 4.74 Å². The fraction of sp³-hybridized carbons (Fsp3) is 0.318. The van der Waals surface area contributed by atoms with Gasteiger partial charge in [0, 0.05) is 12.3 Å². The lowest BCUT2D eigenvalue weighted by Gasteiger charge is -2.18. The molecule has 0 fully saturated rings. The zero-order valence-electron chi connectivity index (χ0n) is 16.7. The van der Waals surface area contributed by atoms with Crippen LogP contribution in [0.5, 0.6) is 5.75 Å². The molecule has 1 heterocycles. The predicted molar refractivity (Wildman–Crippen MR) is 116 cm³/mol. The fourth-order valence-electron chi connectivity index (χ4n) is 2.93. The Labute approximate surface area is 180 Å². The van der Waals surface area contributed by atoms with Crippen LogP contribution in [0.3, 0.4) is 0 Å². The topological polar surface area (TPSA) is 63.7 Å². The average molecular weight is 427 g/mol. The predicted octanol–water partition coefficient (Wildman–Crippen LogP) is 5.89. The molecule has 3 rings (SSSR count). The maximum absolute atomic E-state index is 9.31. The van der Waals surface area contributed by atoms with Gasteiger partial charge >= 0.3 is 0 Å². The van der Waals surface area contributed by atoms with E-state index in [4.69, 9.17) is 16.3 Å². The fourth-order valence-corrected chi connectivity index (χ4v) is 4.06. The monoisotopic (exact) mass is 426 g/mol. The Kier molecular flexibility index (Phi) is 7.18. The molecule has 0 bridgehead atoms. The number of aromatic nitrogens is 3. The molecule has 0 amide bonds. The van der Waals surface area contributed by atoms with Crippen molar-refractivity contribution in [2.45, 2.75) is 44.3 Å². The third-order valence-corrected chi connectivity index (χ3v) is 5.62. The molecule has 0 aliphatic heterocycles. The van der Waals surface area contributed by atoms with E-state index in [1.54, 1.807) is 17.8 Å². The van der Waals surface area contributed by atoms with Crippen LogP contribution in [0.25, 0.3) is 0 Å². The summed E-state index contributed by atoms with van der Waals surface area (Å²) in [5, 5.41) is 19.5. The Balaban J connectivity index is 1.82. The van der Waals surface area contributed by atoms with E-state index < -0.39 is 0 Å². The first-order valence-corrected chi connectivity index (χ1v) is 10.8. The van der Waals surface area contributed by atoms with Crippen LogP contribution >= 0.6 is 23.4 Å². The van der Waals surface area contributed by atoms with Gasteiger partial charge in [0.1, 0.15) is 5.75 Å². The maximum atomic E-state index is 9.31. The second-order valence-electron chi connectivity index (χ2n) is 7.09. The summed E-state index contributed by atoms with van der Waals surface area (Å²) in [4.78, 5) is 0. The summed E-state index contributed by atoms with van der Waals surface area (Å²) in [5.41, 5.74) is 1.67. The molecule has 0 saturated heterocycles. The Morgan fingerprint density at radius 3 is 2.55 bits per heavy atom. The van der Waals surface area contributed by atoms with Gasteiger partial charge in [0.15, 0.2) is 17.1 Å². The number of para-hydroxylation sites is 1. The first-order chi connectivity index (χ1) is 14.0. The zero-order chi connectivity index (χ0) is 20.8. The van der Waals surface area contributed by atoms with Crippen LogP contribution < -0.4 is 4.74 Å². The largest absolute Gasteiger partial charge is 0.481 e. The van der Waals surface area contributed by atoms with Gasteiger partial charge in [0.25, 0.3) is 0 Å². The molecule has 1 aromatic heterocycles. The number of hydrogen-bond donors (Lipinski definition) is 0. The van der Waals surface area contributed by atoms with Gasteiger partial charge in [-0.2, -0.15) is 5.26 Å². The highest BCUT2D eigenvalue weighted by molar-refractivity contribution is 7.98. The van der Waals surface area contributed by atoms with Crippen molar-refractivity contribution in [3.05, 3.63) is 70.5 Å². The van der Waals surface area contributed by atoms with Crippen molar-refractivity contribution in [2.75, 3.05) is 0 Å². The second kappa shape index (κ2) is 9.82. The Morgan fingerprint density at radius 1 is 1.10 bits per heavy atom. The Bertz CT molecular complexity index is 1010. The Morgan fingerprint density at radius 2 is 1.83 bits per heavy atom. The number of rotatable bonds is 8. The molecule has 3 aromatic rings. The van der Waals surface area contributed by atoms with Crippen molar-refractivity contribution in [1.29, 1.82) is 5.26 Å². The summed E-state index contributed by atoms with van der Waals surface area (Å²) in [7, 11) is 0. The zero-order valence-corrected chi connectivity index (χ0v) is 18.2. The minimum Gasteiger partial charge on any atom is -0.481 e. The van der Waals surface area contributed by atoms with Crippen LogP contribution in [0.4, 0.5) is 0 Å². The summed E-state index contributed by atoms with van der Waals surface area (Å²) in [5.74, 6) is 2.45. The summed E-state index contributed by atoms with van der Waals surface area (Å²) in [6.07, 6.45) is -0.304. The lowest BCUT2D eigenvalue weighted by Crippen LogP contribution is -2.15. The molecule has 0 aliphatic rings. The molecule has 0 N–H and O–H groups in total. The third-order valence-electron chi connectivity index (χ3n) is 4.29. The molecule has 1 atom stereocenters. The van der Waals surface area contributed by atoms with Gasteiger partial charge in [-0.25, -0.2) is 0 Å². The van der Waals surface area contributed by atoms with Gasteiger partial charge in [0.05, 0.1) is 16.7 Å². The molecule has 1 unspecified atom stereocenters. The first kappa shape index (κ1) is 21.2. The van der Waals surface area contributed by atoms with Crippen molar-refractivity contribution >= 4 is 23.4 Å². The average Bonchev–Trinajstić information content (AvgIpc) is 3.10. The number of nitrogens with zero attached hydrogens (tertiary/aromatic N) is 4. The third kappa shape index (κ3) is 5.31. The highest BCUT2D eigenvalue weighted by Gasteiger charge is 2.21. The van der Waals surface area contributed by atoms with Gasteiger partial charge in [-0.1, -0.05) is 67.5 Å². The van der Waals surface area contributed by atoms with Gasteiger partial charge in [0.2, 0.25) is 0 Å². The molecule has 5 nitrogen and oxygen atoms in total. The molecule has 2 aromatic carbocycles. The maximum Gasteiger partial charge on any atom is 0.191 e. The molecule has 0 radical (unpaired) electrons. The SMILES string of the molecule is CC(C)Cn1c(SCc2ccccc2C#N)nnc1C(C)Oc1ccccc1Cl. The van der Waals surface area contributed by atoms with Gasteiger partial charge in [-0.15, -0.1) is 10.2 Å². The normalized spacial score (nSPS) is 12.0. The van der Waals surface area contributed by atoms with Gasteiger partial charge < -0.3 is 9.30 Å². The van der Waals surface area contributed by atoms with Gasteiger partial charge in [-0.05, 0) is 36.6 Å². The molecular formula is C22H23ClN4OS. The lowest BCUT2D eigenvalue weighted by atomic mass is 10.1. The van der Waals surface area contributed by atoms with Crippen molar-refractivity contribution in [3.8, 4) is 11.8 Å². The van der Waals surface area contributed by atoms with Crippen molar-refractivity contribution in [2.24, 2.45) is 5.92 Å². The van der Waals surface area contributed by atoms with E-state index in [0.29, 0.717) is 28.0 Å². The summed E-state index contributed by atoms with van der Waals surface area (Å²) < 4.78 is 8.16. The van der Waals surface area contributed by atoms with E-state index in [2.05, 4.69) is 34.7 Å². The molecule has 0 spiro atoms.